The summed E-state index contributed by atoms with van der Waals surface area (Å²) in [4.78, 5) is 0. The molecular formula is C6H7BBrO2P. The summed E-state index contributed by atoms with van der Waals surface area (Å²) in [5.41, 5.74) is 0.498. The molecule has 5 heteroatoms. The van der Waals surface area contributed by atoms with Crippen LogP contribution in [0.3, 0.4) is 0 Å². The van der Waals surface area contributed by atoms with Gasteiger partial charge in [-0.05, 0) is 11.4 Å². The van der Waals surface area contributed by atoms with Gasteiger partial charge in [0, 0.05) is 9.94 Å². The third-order valence-electron chi connectivity index (χ3n) is 1.34. The highest BCUT2D eigenvalue weighted by Crippen LogP contribution is 2.05. The second-order valence-corrected chi connectivity index (χ2v) is 3.59. The quantitative estimate of drug-likeness (QED) is 0.513. The molecule has 11 heavy (non-hydrogen) atoms. The summed E-state index contributed by atoms with van der Waals surface area (Å²) >= 11 is 3.21. The number of halogens is 1. The molecule has 0 heterocycles. The van der Waals surface area contributed by atoms with Crippen LogP contribution in [-0.4, -0.2) is 17.2 Å². The smallest absolute Gasteiger partial charge is 0.423 e. The molecule has 0 fully saturated rings. The van der Waals surface area contributed by atoms with E-state index in [9.17, 15) is 0 Å². The summed E-state index contributed by atoms with van der Waals surface area (Å²) < 4.78 is 0.708. The van der Waals surface area contributed by atoms with E-state index in [-0.39, 0.29) is 0 Å². The van der Waals surface area contributed by atoms with Crippen LogP contribution in [0.25, 0.3) is 0 Å². The van der Waals surface area contributed by atoms with E-state index >= 15 is 0 Å². The van der Waals surface area contributed by atoms with E-state index in [1.165, 1.54) is 0 Å². The second-order valence-electron chi connectivity index (χ2n) is 2.12. The van der Waals surface area contributed by atoms with Crippen molar-refractivity contribution in [2.75, 3.05) is 0 Å². The lowest BCUT2D eigenvalue weighted by molar-refractivity contribution is 0.426. The van der Waals surface area contributed by atoms with Gasteiger partial charge in [-0.3, -0.25) is 0 Å². The van der Waals surface area contributed by atoms with E-state index in [1.54, 1.807) is 12.1 Å². The lowest BCUT2D eigenvalue weighted by Crippen LogP contribution is -2.39. The first-order valence-corrected chi connectivity index (χ1v) is 4.40. The fraction of sp³-hybridized carbons (Fsp3) is 0. The molecule has 0 bridgehead atoms. The molecule has 58 valence electrons. The zero-order chi connectivity index (χ0) is 8.43. The van der Waals surface area contributed by atoms with Gasteiger partial charge in [0.25, 0.3) is 0 Å². The Labute approximate surface area is 76.1 Å². The molecule has 1 unspecified atom stereocenters. The predicted molar refractivity (Wildman–Crippen MR) is 53.3 cm³/mol. The van der Waals surface area contributed by atoms with Crippen molar-refractivity contribution in [1.29, 1.82) is 0 Å². The van der Waals surface area contributed by atoms with E-state index in [1.807, 2.05) is 6.07 Å². The molecule has 0 aliphatic carbocycles. The average Bonchev–Trinajstić information content (AvgIpc) is 1.85. The molecule has 0 saturated heterocycles. The van der Waals surface area contributed by atoms with E-state index < -0.39 is 7.12 Å². The van der Waals surface area contributed by atoms with Crippen molar-refractivity contribution in [1.82, 2.24) is 0 Å². The first kappa shape index (κ1) is 9.20. The Kier molecular flexibility index (Phi) is 3.08. The molecule has 2 N–H and O–H groups in total. The molecule has 0 saturated carbocycles. The molecule has 1 rings (SSSR count). The Morgan fingerprint density at radius 2 is 2.00 bits per heavy atom. The maximum Gasteiger partial charge on any atom is 0.490 e. The summed E-state index contributed by atoms with van der Waals surface area (Å²) in [7, 11) is 1.02. The predicted octanol–water partition coefficient (Wildman–Crippen LogP) is -0.371. The van der Waals surface area contributed by atoms with Gasteiger partial charge in [-0.25, -0.2) is 0 Å². The first-order chi connectivity index (χ1) is 5.13. The summed E-state index contributed by atoms with van der Waals surface area (Å²) in [5, 5.41) is 18.6. The van der Waals surface area contributed by atoms with Gasteiger partial charge >= 0.3 is 7.12 Å². The molecule has 0 aromatic heterocycles. The molecule has 0 aliphatic heterocycles. The Morgan fingerprint density at radius 3 is 2.36 bits per heavy atom. The van der Waals surface area contributed by atoms with Crippen LogP contribution >= 0.6 is 25.2 Å². The fourth-order valence-electron chi connectivity index (χ4n) is 0.826. The van der Waals surface area contributed by atoms with Gasteiger partial charge in [-0.1, -0.05) is 28.1 Å². The van der Waals surface area contributed by atoms with E-state index in [0.717, 1.165) is 5.30 Å². The van der Waals surface area contributed by atoms with Crippen LogP contribution in [0, 0.1) is 0 Å². The number of hydrogen-bond donors (Lipinski definition) is 2. The summed E-state index contributed by atoms with van der Waals surface area (Å²) in [6.45, 7) is 0. The third kappa shape index (κ3) is 2.03. The third-order valence-corrected chi connectivity index (χ3v) is 2.54. The van der Waals surface area contributed by atoms with Crippen LogP contribution in [0.2, 0.25) is 0 Å². The van der Waals surface area contributed by atoms with Gasteiger partial charge in [-0.15, -0.1) is 9.24 Å². The van der Waals surface area contributed by atoms with Crippen molar-refractivity contribution in [3.8, 4) is 0 Å². The topological polar surface area (TPSA) is 40.5 Å². The Balaban J connectivity index is 3.21. The SMILES string of the molecule is OB(O)c1c(P)cccc1Br. The minimum absolute atomic E-state index is 0.498. The molecule has 1 aromatic carbocycles. The Morgan fingerprint density at radius 1 is 1.36 bits per heavy atom. The van der Waals surface area contributed by atoms with Gasteiger partial charge in [0.15, 0.2) is 0 Å². The normalized spacial score (nSPS) is 9.82. The lowest BCUT2D eigenvalue weighted by Gasteiger charge is -2.05. The van der Waals surface area contributed by atoms with Crippen LogP contribution in [0.5, 0.6) is 0 Å². The van der Waals surface area contributed by atoms with Gasteiger partial charge in [0.05, 0.1) is 0 Å². The van der Waals surface area contributed by atoms with Crippen molar-refractivity contribution in [2.45, 2.75) is 0 Å². The van der Waals surface area contributed by atoms with E-state index in [0.29, 0.717) is 9.94 Å². The second kappa shape index (κ2) is 3.68. The zero-order valence-electron chi connectivity index (χ0n) is 5.66. The molecule has 0 radical (unpaired) electrons. The molecule has 1 atom stereocenters. The van der Waals surface area contributed by atoms with Crippen molar-refractivity contribution < 1.29 is 10.0 Å². The number of hydrogen-bond acceptors (Lipinski definition) is 2. The zero-order valence-corrected chi connectivity index (χ0v) is 8.40. The first-order valence-electron chi connectivity index (χ1n) is 3.03. The largest absolute Gasteiger partial charge is 0.490 e. The van der Waals surface area contributed by atoms with E-state index in [2.05, 4.69) is 25.2 Å². The van der Waals surface area contributed by atoms with Crippen LogP contribution in [0.1, 0.15) is 0 Å². The van der Waals surface area contributed by atoms with Crippen LogP contribution in [0.15, 0.2) is 22.7 Å². The van der Waals surface area contributed by atoms with E-state index in [4.69, 9.17) is 10.0 Å². The van der Waals surface area contributed by atoms with Gasteiger partial charge < -0.3 is 10.0 Å². The van der Waals surface area contributed by atoms with Crippen LogP contribution < -0.4 is 10.8 Å². The van der Waals surface area contributed by atoms with Crippen LogP contribution in [0.4, 0.5) is 0 Å². The maximum atomic E-state index is 8.90. The molecule has 0 spiro atoms. The van der Waals surface area contributed by atoms with Gasteiger partial charge in [-0.2, -0.15) is 0 Å². The lowest BCUT2D eigenvalue weighted by atomic mass is 9.80. The number of benzene rings is 1. The maximum absolute atomic E-state index is 8.90. The molecule has 1 aromatic rings. The van der Waals surface area contributed by atoms with Crippen molar-refractivity contribution in [3.05, 3.63) is 22.7 Å². The Hall–Kier alpha value is 0.115. The van der Waals surface area contributed by atoms with Crippen molar-refractivity contribution in [2.24, 2.45) is 0 Å². The molecular weight excluding hydrogens is 226 g/mol. The summed E-state index contributed by atoms with van der Waals surface area (Å²) in [5.74, 6) is 0. The molecule has 0 amide bonds. The molecule has 0 aliphatic rings. The standard InChI is InChI=1S/C6H7BBrO2P/c8-4-2-1-3-5(11)6(4)7(9)10/h1-3,9-10H,11H2. The highest BCUT2D eigenvalue weighted by Gasteiger charge is 2.16. The number of rotatable bonds is 1. The van der Waals surface area contributed by atoms with Gasteiger partial charge in [0.2, 0.25) is 0 Å². The van der Waals surface area contributed by atoms with Crippen molar-refractivity contribution in [3.63, 3.8) is 0 Å². The Bertz CT molecular complexity index is 247. The monoisotopic (exact) mass is 232 g/mol. The molecule has 2 nitrogen and oxygen atoms in total. The average molecular weight is 233 g/mol. The minimum Gasteiger partial charge on any atom is -0.423 e. The fourth-order valence-corrected chi connectivity index (χ4v) is 2.04. The summed E-state index contributed by atoms with van der Waals surface area (Å²) in [6, 6.07) is 5.39. The summed E-state index contributed by atoms with van der Waals surface area (Å²) in [6.07, 6.45) is 0. The minimum atomic E-state index is -1.42. The van der Waals surface area contributed by atoms with Crippen molar-refractivity contribution >= 4 is 43.1 Å². The highest BCUT2D eigenvalue weighted by molar-refractivity contribution is 9.10. The highest BCUT2D eigenvalue weighted by atomic mass is 79.9. The van der Waals surface area contributed by atoms with Crippen LogP contribution in [-0.2, 0) is 0 Å². The van der Waals surface area contributed by atoms with Gasteiger partial charge in [0.1, 0.15) is 0 Å².